The largest absolute Gasteiger partial charge is 0.278 e. The zero-order chi connectivity index (χ0) is 57.6. The Morgan fingerprint density at radius 2 is 0.690 bits per heavy atom. The predicted octanol–water partition coefficient (Wildman–Crippen LogP) is 20.2. The van der Waals surface area contributed by atoms with Crippen LogP contribution in [0.4, 0.5) is 0 Å². The van der Waals surface area contributed by atoms with Crippen molar-refractivity contribution in [2.75, 3.05) is 0 Å². The van der Waals surface area contributed by atoms with Gasteiger partial charge in [0.05, 0.1) is 70.7 Å². The lowest BCUT2D eigenvalue weighted by Gasteiger charge is -2.11. The molecule has 18 rings (SSSR count). The molecule has 0 amide bonds. The van der Waals surface area contributed by atoms with E-state index in [4.69, 9.17) is 49.8 Å². The molecule has 12 heteroatoms. The summed E-state index contributed by atoms with van der Waals surface area (Å²) in [5, 5.41) is 1.86. The molecule has 12 aromatic carbocycles. The fourth-order valence-corrected chi connectivity index (χ4v) is 14.0. The highest BCUT2D eigenvalue weighted by Gasteiger charge is 2.25. The first kappa shape index (κ1) is 49.7. The SMILES string of the molecule is Clc1cc(-c2cccc(-c3cccc(-n4c5ccccc5n5c6c(-c7ccc(-c8cccc(-n9c%10ccccc%10n%10c%11c(Cl)cccc%11nc9%10)c8)cc7)ccc(Cl)c6nc45)c3)c2)c2c(c1)nc1n(-c3cccc(-c4ccccc4)c3)c3ccccc3n21. The van der Waals surface area contributed by atoms with Crippen LogP contribution in [0.25, 0.3) is 156 Å². The van der Waals surface area contributed by atoms with Gasteiger partial charge in [-0.2, -0.15) is 0 Å². The van der Waals surface area contributed by atoms with Crippen molar-refractivity contribution in [1.82, 2.24) is 41.9 Å². The molecule has 0 N–H and O–H groups in total. The van der Waals surface area contributed by atoms with Crippen LogP contribution in [0.3, 0.4) is 0 Å². The van der Waals surface area contributed by atoms with Gasteiger partial charge in [-0.3, -0.25) is 26.9 Å². The Kier molecular flexibility index (Phi) is 11.0. The Bertz CT molecular complexity index is 5880. The van der Waals surface area contributed by atoms with Crippen LogP contribution < -0.4 is 0 Å². The average molecular weight is 1180 g/mol. The summed E-state index contributed by atoms with van der Waals surface area (Å²) in [5.74, 6) is 2.38. The summed E-state index contributed by atoms with van der Waals surface area (Å²) in [4.78, 5) is 15.9. The van der Waals surface area contributed by atoms with Gasteiger partial charge in [0.1, 0.15) is 5.52 Å². The third-order valence-corrected chi connectivity index (χ3v) is 18.0. The summed E-state index contributed by atoms with van der Waals surface area (Å²) in [7, 11) is 0. The molecule has 0 saturated heterocycles. The Hall–Kier alpha value is -10.7. The number of hydrogen-bond acceptors (Lipinski definition) is 3. The van der Waals surface area contributed by atoms with Crippen LogP contribution in [-0.2, 0) is 0 Å². The molecule has 0 fully saturated rings. The van der Waals surface area contributed by atoms with Crippen LogP contribution in [0.15, 0.2) is 267 Å². The van der Waals surface area contributed by atoms with E-state index in [0.29, 0.717) is 15.1 Å². The minimum atomic E-state index is 0.582. The molecule has 0 bridgehead atoms. The van der Waals surface area contributed by atoms with Crippen molar-refractivity contribution in [3.63, 3.8) is 0 Å². The number of imidazole rings is 6. The Morgan fingerprint density at radius 3 is 1.29 bits per heavy atom. The summed E-state index contributed by atoms with van der Waals surface area (Å²) in [5.41, 5.74) is 25.1. The molecule has 0 unspecified atom stereocenters. The third-order valence-electron chi connectivity index (χ3n) is 17.2. The van der Waals surface area contributed by atoms with Crippen molar-refractivity contribution < 1.29 is 0 Å². The van der Waals surface area contributed by atoms with Gasteiger partial charge in [0, 0.05) is 33.2 Å². The molecule has 0 saturated carbocycles. The first-order valence-electron chi connectivity index (χ1n) is 28.7. The van der Waals surface area contributed by atoms with Gasteiger partial charge in [-0.25, -0.2) is 15.0 Å². The predicted molar refractivity (Wildman–Crippen MR) is 358 cm³/mol. The summed E-state index contributed by atoms with van der Waals surface area (Å²) in [6.45, 7) is 0. The van der Waals surface area contributed by atoms with Gasteiger partial charge in [-0.05, 0) is 154 Å². The lowest BCUT2D eigenvalue weighted by molar-refractivity contribution is 1.11. The van der Waals surface area contributed by atoms with Crippen LogP contribution in [0.1, 0.15) is 0 Å². The molecule has 0 spiro atoms. The molecule has 0 aliphatic carbocycles. The van der Waals surface area contributed by atoms with E-state index in [1.54, 1.807) is 0 Å². The minimum absolute atomic E-state index is 0.582. The summed E-state index contributed by atoms with van der Waals surface area (Å²) >= 11 is 21.0. The van der Waals surface area contributed by atoms with E-state index in [1.165, 1.54) is 0 Å². The van der Waals surface area contributed by atoms with Crippen molar-refractivity contribution in [2.24, 2.45) is 0 Å². The van der Waals surface area contributed by atoms with Crippen LogP contribution in [0.5, 0.6) is 0 Å². The van der Waals surface area contributed by atoms with Crippen molar-refractivity contribution in [1.29, 1.82) is 0 Å². The molecule has 0 atom stereocenters. The van der Waals surface area contributed by atoms with Crippen molar-refractivity contribution in [3.05, 3.63) is 282 Å². The number of rotatable bonds is 8. The standard InChI is InChI=1S/C75H44Cl3N9/c76-53-43-58(70-62(44-53)80-74-83(63-27-4-7-30-66(63)85(70)74)54-22-11-18-49(40-54)45-15-2-1-3-16-45)52-21-10-17-48(39-52)51-20-13-24-56(42-51)84-64-28-5-8-31-67(64)86-71-57(37-38-59(77)69(71)81-75(84)86)47-35-33-46(34-36-47)50-19-12-23-55(41-50)82-65-29-6-9-32-68(65)87-72-60(78)25-14-26-61(72)79-73(82)87/h1-44H. The van der Waals surface area contributed by atoms with Crippen LogP contribution in [-0.4, -0.2) is 41.9 Å². The second-order valence-corrected chi connectivity index (χ2v) is 23.4. The fourth-order valence-electron chi connectivity index (χ4n) is 13.4. The molecule has 6 aromatic heterocycles. The second-order valence-electron chi connectivity index (χ2n) is 22.1. The highest BCUT2D eigenvalue weighted by Crippen LogP contribution is 2.42. The van der Waals surface area contributed by atoms with E-state index in [1.807, 2.05) is 36.4 Å². The molecule has 9 nitrogen and oxygen atoms in total. The quantitative estimate of drug-likeness (QED) is 0.152. The highest BCUT2D eigenvalue weighted by atomic mass is 35.5. The first-order chi connectivity index (χ1) is 42.9. The molecule has 0 aliphatic heterocycles. The van der Waals surface area contributed by atoms with Crippen molar-refractivity contribution in [3.8, 4) is 72.7 Å². The molecule has 0 aliphatic rings. The maximum Gasteiger partial charge on any atom is 0.220 e. The molecule has 410 valence electrons. The summed E-state index contributed by atoms with van der Waals surface area (Å²) < 4.78 is 13.4. The zero-order valence-corrected chi connectivity index (χ0v) is 48.3. The molecular weight excluding hydrogens is 1130 g/mol. The smallest absolute Gasteiger partial charge is 0.220 e. The molecule has 0 radical (unpaired) electrons. The molecule has 18 aromatic rings. The number of para-hydroxylation sites is 7. The summed E-state index contributed by atoms with van der Waals surface area (Å²) in [6.07, 6.45) is 0. The third kappa shape index (κ3) is 7.57. The number of aromatic nitrogens is 9. The average Bonchev–Trinajstić information content (AvgIpc) is 1.65. The first-order valence-corrected chi connectivity index (χ1v) is 29.9. The number of fused-ring (bicyclic) bond motifs is 15. The Balaban J connectivity index is 0.723. The topological polar surface area (TPSA) is 66.7 Å². The van der Waals surface area contributed by atoms with Gasteiger partial charge < -0.3 is 0 Å². The minimum Gasteiger partial charge on any atom is -0.278 e. The molecule has 6 heterocycles. The van der Waals surface area contributed by atoms with E-state index in [0.717, 1.165) is 156 Å². The van der Waals surface area contributed by atoms with E-state index in [-0.39, 0.29) is 0 Å². The molecular formula is C75H44Cl3N9. The second kappa shape index (κ2) is 19.2. The lowest BCUT2D eigenvalue weighted by Crippen LogP contribution is -1.95. The van der Waals surface area contributed by atoms with Crippen molar-refractivity contribution >= 4 is 118 Å². The van der Waals surface area contributed by atoms with E-state index < -0.39 is 0 Å². The van der Waals surface area contributed by atoms with Crippen LogP contribution in [0.2, 0.25) is 15.1 Å². The van der Waals surface area contributed by atoms with Gasteiger partial charge >= 0.3 is 0 Å². The number of nitrogens with zero attached hydrogens (tertiary/aromatic N) is 9. The Morgan fingerprint density at radius 1 is 0.253 bits per heavy atom. The van der Waals surface area contributed by atoms with Crippen LogP contribution in [0, 0.1) is 0 Å². The normalized spacial score (nSPS) is 12.1. The highest BCUT2D eigenvalue weighted by molar-refractivity contribution is 6.36. The van der Waals surface area contributed by atoms with E-state index >= 15 is 0 Å². The fraction of sp³-hybridized carbons (Fsp3) is 0. The number of benzene rings is 12. The molecule has 87 heavy (non-hydrogen) atoms. The van der Waals surface area contributed by atoms with Crippen LogP contribution >= 0.6 is 34.8 Å². The van der Waals surface area contributed by atoms with Gasteiger partial charge in [-0.1, -0.05) is 193 Å². The van der Waals surface area contributed by atoms with Gasteiger partial charge in [-0.15, -0.1) is 0 Å². The Labute approximate surface area is 511 Å². The zero-order valence-electron chi connectivity index (χ0n) is 46.1. The van der Waals surface area contributed by atoms with E-state index in [9.17, 15) is 0 Å². The number of hydrogen-bond donors (Lipinski definition) is 0. The van der Waals surface area contributed by atoms with Gasteiger partial charge in [0.15, 0.2) is 0 Å². The summed E-state index contributed by atoms with van der Waals surface area (Å²) in [6, 6.07) is 93.3. The van der Waals surface area contributed by atoms with Crippen molar-refractivity contribution in [2.45, 2.75) is 0 Å². The van der Waals surface area contributed by atoms with E-state index in [2.05, 4.69) is 257 Å². The monoisotopic (exact) mass is 1180 g/mol. The maximum absolute atomic E-state index is 7.17. The number of halogens is 3. The van der Waals surface area contributed by atoms with Gasteiger partial charge in [0.2, 0.25) is 17.3 Å². The lowest BCUT2D eigenvalue weighted by atomic mass is 9.98. The van der Waals surface area contributed by atoms with Gasteiger partial charge in [0.25, 0.3) is 0 Å². The maximum atomic E-state index is 7.17.